The molecule has 16 heavy (non-hydrogen) atoms. The van der Waals surface area contributed by atoms with Gasteiger partial charge in [-0.3, -0.25) is 0 Å². The second-order valence-corrected chi connectivity index (χ2v) is 4.51. The van der Waals surface area contributed by atoms with Crippen LogP contribution in [0.4, 0.5) is 0 Å². The molecule has 0 aromatic heterocycles. The van der Waals surface area contributed by atoms with Gasteiger partial charge >= 0.3 is 0 Å². The third kappa shape index (κ3) is 2.71. The minimum Gasteiger partial charge on any atom is -0.376 e. The van der Waals surface area contributed by atoms with Gasteiger partial charge in [-0.25, -0.2) is 0 Å². The van der Waals surface area contributed by atoms with E-state index in [-0.39, 0.29) is 5.41 Å². The highest BCUT2D eigenvalue weighted by atomic mass is 16.6. The van der Waals surface area contributed by atoms with Crippen LogP contribution in [0.2, 0.25) is 0 Å². The summed E-state index contributed by atoms with van der Waals surface area (Å²) in [4.78, 5) is 0. The fraction of sp³-hybridized carbons (Fsp3) is 0.429. The van der Waals surface area contributed by atoms with Crippen molar-refractivity contribution in [3.8, 4) is 0 Å². The summed E-state index contributed by atoms with van der Waals surface area (Å²) in [6, 6.07) is 10.2. The lowest BCUT2D eigenvalue weighted by Gasteiger charge is -2.23. The molecule has 0 bridgehead atoms. The summed E-state index contributed by atoms with van der Waals surface area (Å²) >= 11 is 0. The maximum absolute atomic E-state index is 5.73. The molecule has 2 atom stereocenters. The fourth-order valence-corrected chi connectivity index (χ4v) is 1.68. The molecular weight excluding hydrogens is 200 g/mol. The standard InChI is InChI=1S/C14H18O2/c1-3-14(2,13-10-16-13)11-15-9-12-7-5-4-6-8-12/h3-8,13H,1,9-11H2,2H3/t13-,14-/m0/s1. The lowest BCUT2D eigenvalue weighted by molar-refractivity contribution is 0.0511. The second-order valence-electron chi connectivity index (χ2n) is 4.51. The fourth-order valence-electron chi connectivity index (χ4n) is 1.68. The Hall–Kier alpha value is -1.12. The molecule has 2 rings (SSSR count). The van der Waals surface area contributed by atoms with E-state index in [1.807, 2.05) is 24.3 Å². The molecule has 0 radical (unpaired) electrons. The van der Waals surface area contributed by atoms with Gasteiger partial charge in [-0.2, -0.15) is 0 Å². The van der Waals surface area contributed by atoms with Gasteiger partial charge in [-0.1, -0.05) is 43.3 Å². The second kappa shape index (κ2) is 4.81. The first-order chi connectivity index (χ1) is 7.74. The third-order valence-electron chi connectivity index (χ3n) is 3.06. The van der Waals surface area contributed by atoms with E-state index < -0.39 is 0 Å². The van der Waals surface area contributed by atoms with Crippen LogP contribution in [0.1, 0.15) is 12.5 Å². The van der Waals surface area contributed by atoms with Gasteiger partial charge < -0.3 is 9.47 Å². The van der Waals surface area contributed by atoms with E-state index in [1.165, 1.54) is 5.56 Å². The van der Waals surface area contributed by atoms with Crippen molar-refractivity contribution >= 4 is 0 Å². The number of benzene rings is 1. The molecule has 1 heterocycles. The van der Waals surface area contributed by atoms with Crippen molar-refractivity contribution in [3.63, 3.8) is 0 Å². The average molecular weight is 218 g/mol. The van der Waals surface area contributed by atoms with Crippen LogP contribution < -0.4 is 0 Å². The van der Waals surface area contributed by atoms with Crippen molar-refractivity contribution < 1.29 is 9.47 Å². The minimum atomic E-state index is -0.0468. The van der Waals surface area contributed by atoms with Crippen molar-refractivity contribution in [3.05, 3.63) is 48.6 Å². The largest absolute Gasteiger partial charge is 0.376 e. The van der Waals surface area contributed by atoms with Gasteiger partial charge in [0.15, 0.2) is 0 Å². The number of ether oxygens (including phenoxy) is 2. The Morgan fingerprint density at radius 1 is 1.50 bits per heavy atom. The minimum absolute atomic E-state index is 0.0468. The lowest BCUT2D eigenvalue weighted by atomic mass is 9.88. The van der Waals surface area contributed by atoms with Gasteiger partial charge in [0.05, 0.1) is 25.9 Å². The van der Waals surface area contributed by atoms with Crippen molar-refractivity contribution in [2.45, 2.75) is 19.6 Å². The van der Waals surface area contributed by atoms with Crippen LogP contribution in [0.15, 0.2) is 43.0 Å². The molecule has 0 unspecified atom stereocenters. The zero-order valence-corrected chi connectivity index (χ0v) is 9.69. The smallest absolute Gasteiger partial charge is 0.0919 e. The molecule has 1 saturated heterocycles. The first-order valence-electron chi connectivity index (χ1n) is 5.61. The summed E-state index contributed by atoms with van der Waals surface area (Å²) in [5.74, 6) is 0. The zero-order valence-electron chi connectivity index (χ0n) is 9.69. The first kappa shape index (κ1) is 11.4. The summed E-state index contributed by atoms with van der Waals surface area (Å²) in [6.45, 7) is 8.13. The van der Waals surface area contributed by atoms with E-state index in [2.05, 4.69) is 25.6 Å². The van der Waals surface area contributed by atoms with Gasteiger partial charge in [0.2, 0.25) is 0 Å². The average Bonchev–Trinajstić information content (AvgIpc) is 3.14. The monoisotopic (exact) mass is 218 g/mol. The van der Waals surface area contributed by atoms with E-state index >= 15 is 0 Å². The molecule has 1 fully saturated rings. The van der Waals surface area contributed by atoms with Gasteiger partial charge in [0, 0.05) is 5.41 Å². The predicted octanol–water partition coefficient (Wildman–Crippen LogP) is 2.79. The number of rotatable bonds is 6. The van der Waals surface area contributed by atoms with Crippen molar-refractivity contribution in [2.24, 2.45) is 5.41 Å². The topological polar surface area (TPSA) is 21.8 Å². The van der Waals surface area contributed by atoms with Crippen molar-refractivity contribution in [1.82, 2.24) is 0 Å². The van der Waals surface area contributed by atoms with Crippen molar-refractivity contribution in [1.29, 1.82) is 0 Å². The van der Waals surface area contributed by atoms with Crippen LogP contribution in [0.25, 0.3) is 0 Å². The van der Waals surface area contributed by atoms with Crippen LogP contribution in [-0.4, -0.2) is 19.3 Å². The Balaban J connectivity index is 1.81. The molecule has 0 N–H and O–H groups in total. The quantitative estimate of drug-likeness (QED) is 0.541. The maximum Gasteiger partial charge on any atom is 0.0919 e. The number of hydrogen-bond donors (Lipinski definition) is 0. The molecule has 2 nitrogen and oxygen atoms in total. The summed E-state index contributed by atoms with van der Waals surface area (Å²) in [5.41, 5.74) is 1.15. The van der Waals surface area contributed by atoms with Gasteiger partial charge in [0.25, 0.3) is 0 Å². The van der Waals surface area contributed by atoms with Gasteiger partial charge in [-0.15, -0.1) is 6.58 Å². The van der Waals surface area contributed by atoms with Crippen LogP contribution in [0.3, 0.4) is 0 Å². The molecule has 1 aromatic carbocycles. The molecule has 1 aromatic rings. The molecule has 2 heteroatoms. The molecule has 0 spiro atoms. The molecule has 1 aliphatic heterocycles. The molecule has 86 valence electrons. The van der Waals surface area contributed by atoms with Crippen molar-refractivity contribution in [2.75, 3.05) is 13.2 Å². The SMILES string of the molecule is C=C[C@@](C)(COCc1ccccc1)[C@@H]1CO1. The van der Waals surface area contributed by atoms with E-state index in [9.17, 15) is 0 Å². The summed E-state index contributed by atoms with van der Waals surface area (Å²) in [6.07, 6.45) is 2.23. The summed E-state index contributed by atoms with van der Waals surface area (Å²) in [5, 5.41) is 0. The number of epoxide rings is 1. The van der Waals surface area contributed by atoms with Gasteiger partial charge in [-0.05, 0) is 5.56 Å². The van der Waals surface area contributed by atoms with Crippen LogP contribution in [0, 0.1) is 5.41 Å². The van der Waals surface area contributed by atoms with E-state index in [1.54, 1.807) is 0 Å². The Bertz CT molecular complexity index is 343. The van der Waals surface area contributed by atoms with Crippen LogP contribution >= 0.6 is 0 Å². The van der Waals surface area contributed by atoms with Crippen LogP contribution in [-0.2, 0) is 16.1 Å². The normalized spacial score (nSPS) is 22.4. The molecule has 1 aliphatic rings. The Morgan fingerprint density at radius 2 is 2.19 bits per heavy atom. The zero-order chi connectivity index (χ0) is 11.4. The predicted molar refractivity (Wildman–Crippen MR) is 64.1 cm³/mol. The Morgan fingerprint density at radius 3 is 2.75 bits per heavy atom. The summed E-state index contributed by atoms with van der Waals surface area (Å²) < 4.78 is 11.0. The molecule has 0 aliphatic carbocycles. The summed E-state index contributed by atoms with van der Waals surface area (Å²) in [7, 11) is 0. The molecular formula is C14H18O2. The van der Waals surface area contributed by atoms with E-state index in [0.717, 1.165) is 6.61 Å². The molecule has 0 amide bonds. The Labute approximate surface area is 96.9 Å². The highest BCUT2D eigenvalue weighted by Gasteiger charge is 2.41. The molecule has 0 saturated carbocycles. The third-order valence-corrected chi connectivity index (χ3v) is 3.06. The highest BCUT2D eigenvalue weighted by molar-refractivity contribution is 5.13. The van der Waals surface area contributed by atoms with E-state index in [0.29, 0.717) is 19.3 Å². The first-order valence-corrected chi connectivity index (χ1v) is 5.61. The maximum atomic E-state index is 5.73. The number of hydrogen-bond acceptors (Lipinski definition) is 2. The van der Waals surface area contributed by atoms with E-state index in [4.69, 9.17) is 9.47 Å². The van der Waals surface area contributed by atoms with Gasteiger partial charge in [0.1, 0.15) is 0 Å². The van der Waals surface area contributed by atoms with Crippen LogP contribution in [0.5, 0.6) is 0 Å². The lowest BCUT2D eigenvalue weighted by Crippen LogP contribution is -2.27. The Kier molecular flexibility index (Phi) is 3.42. The highest BCUT2D eigenvalue weighted by Crippen LogP contribution is 2.34.